The maximum absolute atomic E-state index is 12.5. The number of amides is 2. The van der Waals surface area contributed by atoms with Gasteiger partial charge in [0.25, 0.3) is 11.8 Å². The molecule has 0 spiro atoms. The molecule has 0 bridgehead atoms. The summed E-state index contributed by atoms with van der Waals surface area (Å²) < 4.78 is 4.95. The monoisotopic (exact) mass is 354 g/mol. The SMILES string of the molecule is CCOC(=O)c1cccc(NC(=O)c2cccc(C(=O)N(C)CC)c2)c1. The predicted molar refractivity (Wildman–Crippen MR) is 99.4 cm³/mol. The first kappa shape index (κ1) is 19.2. The number of nitrogens with one attached hydrogen (secondary N) is 1. The summed E-state index contributed by atoms with van der Waals surface area (Å²) in [6, 6.07) is 13.0. The molecule has 2 aromatic rings. The van der Waals surface area contributed by atoms with Crippen molar-refractivity contribution in [3.05, 3.63) is 65.2 Å². The third-order valence-corrected chi connectivity index (χ3v) is 3.82. The normalized spacial score (nSPS) is 10.1. The van der Waals surface area contributed by atoms with Gasteiger partial charge in [0.1, 0.15) is 0 Å². The summed E-state index contributed by atoms with van der Waals surface area (Å²) in [7, 11) is 1.70. The van der Waals surface area contributed by atoms with Crippen molar-refractivity contribution in [1.29, 1.82) is 0 Å². The Morgan fingerprint density at radius 2 is 1.62 bits per heavy atom. The minimum absolute atomic E-state index is 0.147. The second-order valence-corrected chi connectivity index (χ2v) is 5.66. The number of esters is 1. The summed E-state index contributed by atoms with van der Waals surface area (Å²) in [6.07, 6.45) is 0. The van der Waals surface area contributed by atoms with Gasteiger partial charge in [-0.25, -0.2) is 4.79 Å². The Morgan fingerprint density at radius 1 is 0.962 bits per heavy atom. The maximum Gasteiger partial charge on any atom is 0.338 e. The number of nitrogens with zero attached hydrogens (tertiary/aromatic N) is 1. The van der Waals surface area contributed by atoms with Crippen LogP contribution in [0.15, 0.2) is 48.5 Å². The van der Waals surface area contributed by atoms with Gasteiger partial charge in [-0.3, -0.25) is 9.59 Å². The molecule has 0 aliphatic heterocycles. The fourth-order valence-corrected chi connectivity index (χ4v) is 2.30. The van der Waals surface area contributed by atoms with Crippen LogP contribution < -0.4 is 5.32 Å². The number of ether oxygens (including phenoxy) is 1. The average molecular weight is 354 g/mol. The molecule has 0 aliphatic rings. The van der Waals surface area contributed by atoms with E-state index >= 15 is 0 Å². The van der Waals surface area contributed by atoms with E-state index in [-0.39, 0.29) is 18.4 Å². The molecule has 0 heterocycles. The van der Waals surface area contributed by atoms with Crippen molar-refractivity contribution >= 4 is 23.5 Å². The van der Waals surface area contributed by atoms with E-state index in [1.165, 1.54) is 0 Å². The number of carbonyl (C=O) groups excluding carboxylic acids is 3. The zero-order valence-corrected chi connectivity index (χ0v) is 15.1. The van der Waals surface area contributed by atoms with Crippen molar-refractivity contribution in [2.24, 2.45) is 0 Å². The Hall–Kier alpha value is -3.15. The first-order chi connectivity index (χ1) is 12.5. The molecule has 0 aromatic heterocycles. The first-order valence-corrected chi connectivity index (χ1v) is 8.40. The molecule has 136 valence electrons. The van der Waals surface area contributed by atoms with E-state index in [2.05, 4.69) is 5.32 Å². The Balaban J connectivity index is 2.17. The van der Waals surface area contributed by atoms with E-state index in [9.17, 15) is 14.4 Å². The quantitative estimate of drug-likeness (QED) is 0.808. The molecule has 1 N–H and O–H groups in total. The Morgan fingerprint density at radius 3 is 2.31 bits per heavy atom. The Labute approximate surface area is 152 Å². The summed E-state index contributed by atoms with van der Waals surface area (Å²) in [5.74, 6) is -0.954. The third-order valence-electron chi connectivity index (χ3n) is 3.82. The number of rotatable bonds is 6. The Bertz CT molecular complexity index is 817. The molecule has 2 rings (SSSR count). The highest BCUT2D eigenvalue weighted by molar-refractivity contribution is 6.06. The van der Waals surface area contributed by atoms with E-state index in [1.807, 2.05) is 6.92 Å². The molecular formula is C20H22N2O4. The molecule has 0 saturated carbocycles. The molecule has 26 heavy (non-hydrogen) atoms. The van der Waals surface area contributed by atoms with E-state index in [4.69, 9.17) is 4.74 Å². The zero-order chi connectivity index (χ0) is 19.1. The van der Waals surface area contributed by atoms with Crippen LogP contribution in [0.25, 0.3) is 0 Å². The lowest BCUT2D eigenvalue weighted by atomic mass is 10.1. The molecule has 2 aromatic carbocycles. The minimum Gasteiger partial charge on any atom is -0.462 e. The second-order valence-electron chi connectivity index (χ2n) is 5.66. The topological polar surface area (TPSA) is 75.7 Å². The highest BCUT2D eigenvalue weighted by atomic mass is 16.5. The summed E-state index contributed by atoms with van der Waals surface area (Å²) in [6.45, 7) is 4.47. The lowest BCUT2D eigenvalue weighted by Gasteiger charge is -2.15. The number of benzene rings is 2. The van der Waals surface area contributed by atoms with Crippen LogP contribution in [0.2, 0.25) is 0 Å². The molecule has 0 saturated heterocycles. The maximum atomic E-state index is 12.5. The zero-order valence-electron chi connectivity index (χ0n) is 15.1. The van der Waals surface area contributed by atoms with Crippen molar-refractivity contribution in [3.63, 3.8) is 0 Å². The molecular weight excluding hydrogens is 332 g/mol. The highest BCUT2D eigenvalue weighted by Gasteiger charge is 2.14. The summed E-state index contributed by atoms with van der Waals surface area (Å²) in [5, 5.41) is 2.73. The molecule has 6 nitrogen and oxygen atoms in total. The van der Waals surface area contributed by atoms with E-state index in [0.29, 0.717) is 28.9 Å². The predicted octanol–water partition coefficient (Wildman–Crippen LogP) is 3.21. The molecule has 6 heteroatoms. The summed E-state index contributed by atoms with van der Waals surface area (Å²) >= 11 is 0. The Kier molecular flexibility index (Phi) is 6.49. The lowest BCUT2D eigenvalue weighted by Crippen LogP contribution is -2.26. The van der Waals surface area contributed by atoms with Gasteiger partial charge < -0.3 is 15.0 Å². The van der Waals surface area contributed by atoms with Crippen LogP contribution in [0.4, 0.5) is 5.69 Å². The largest absolute Gasteiger partial charge is 0.462 e. The van der Waals surface area contributed by atoms with Gasteiger partial charge in [0.05, 0.1) is 12.2 Å². The smallest absolute Gasteiger partial charge is 0.338 e. The third kappa shape index (κ3) is 4.69. The summed E-state index contributed by atoms with van der Waals surface area (Å²) in [5.41, 5.74) is 1.64. The van der Waals surface area contributed by atoms with Gasteiger partial charge in [0, 0.05) is 30.4 Å². The minimum atomic E-state index is -0.446. The summed E-state index contributed by atoms with van der Waals surface area (Å²) in [4.78, 5) is 38.1. The highest BCUT2D eigenvalue weighted by Crippen LogP contribution is 2.15. The second kappa shape index (κ2) is 8.80. The lowest BCUT2D eigenvalue weighted by molar-refractivity contribution is 0.0526. The van der Waals surface area contributed by atoms with Crippen LogP contribution in [0.1, 0.15) is 44.9 Å². The van der Waals surface area contributed by atoms with E-state index < -0.39 is 5.97 Å². The van der Waals surface area contributed by atoms with Gasteiger partial charge in [-0.15, -0.1) is 0 Å². The van der Waals surface area contributed by atoms with E-state index in [1.54, 1.807) is 67.4 Å². The van der Waals surface area contributed by atoms with Crippen LogP contribution in [0.3, 0.4) is 0 Å². The van der Waals surface area contributed by atoms with Crippen LogP contribution in [0, 0.1) is 0 Å². The van der Waals surface area contributed by atoms with Crippen molar-refractivity contribution in [2.75, 3.05) is 25.5 Å². The van der Waals surface area contributed by atoms with Crippen molar-refractivity contribution in [2.45, 2.75) is 13.8 Å². The van der Waals surface area contributed by atoms with Gasteiger partial charge >= 0.3 is 5.97 Å². The number of hydrogen-bond acceptors (Lipinski definition) is 4. The van der Waals surface area contributed by atoms with Crippen LogP contribution in [0.5, 0.6) is 0 Å². The molecule has 0 radical (unpaired) electrons. The average Bonchev–Trinajstić information content (AvgIpc) is 2.67. The van der Waals surface area contributed by atoms with Gasteiger partial charge in [-0.2, -0.15) is 0 Å². The molecule has 0 aliphatic carbocycles. The molecule has 0 unspecified atom stereocenters. The molecule has 0 atom stereocenters. The fourth-order valence-electron chi connectivity index (χ4n) is 2.30. The fraction of sp³-hybridized carbons (Fsp3) is 0.250. The van der Waals surface area contributed by atoms with Gasteiger partial charge in [-0.05, 0) is 50.2 Å². The van der Waals surface area contributed by atoms with Gasteiger partial charge in [0.15, 0.2) is 0 Å². The standard InChI is InChI=1S/C20H22N2O4/c1-4-22(3)19(24)15-9-6-8-14(12-15)18(23)21-17-11-7-10-16(13-17)20(25)26-5-2/h6-13H,4-5H2,1-3H3,(H,21,23). The van der Waals surface area contributed by atoms with Crippen LogP contribution in [-0.2, 0) is 4.74 Å². The first-order valence-electron chi connectivity index (χ1n) is 8.40. The number of anilines is 1. The molecule has 2 amide bonds. The van der Waals surface area contributed by atoms with Crippen LogP contribution in [-0.4, -0.2) is 42.9 Å². The van der Waals surface area contributed by atoms with E-state index in [0.717, 1.165) is 0 Å². The van der Waals surface area contributed by atoms with Gasteiger partial charge in [-0.1, -0.05) is 12.1 Å². The van der Waals surface area contributed by atoms with Crippen LogP contribution >= 0.6 is 0 Å². The number of hydrogen-bond donors (Lipinski definition) is 1. The molecule has 0 fully saturated rings. The van der Waals surface area contributed by atoms with Crippen molar-refractivity contribution in [1.82, 2.24) is 4.90 Å². The van der Waals surface area contributed by atoms with Gasteiger partial charge in [0.2, 0.25) is 0 Å². The van der Waals surface area contributed by atoms with Crippen molar-refractivity contribution < 1.29 is 19.1 Å². The number of carbonyl (C=O) groups is 3. The van der Waals surface area contributed by atoms with Crippen molar-refractivity contribution in [3.8, 4) is 0 Å².